The first-order valence-electron chi connectivity index (χ1n) is 7.28. The number of rotatable bonds is 4. The molecule has 0 radical (unpaired) electrons. The molecule has 2 aromatic carbocycles. The Kier molecular flexibility index (Phi) is 4.05. The molecule has 1 saturated heterocycles. The molecule has 2 atom stereocenters. The highest BCUT2D eigenvalue weighted by Gasteiger charge is 2.42. The van der Waals surface area contributed by atoms with Gasteiger partial charge in [0, 0.05) is 18.1 Å². The fourth-order valence-electron chi connectivity index (χ4n) is 2.82. The van der Waals surface area contributed by atoms with E-state index in [1.807, 2.05) is 55.5 Å². The van der Waals surface area contributed by atoms with E-state index in [4.69, 9.17) is 19.2 Å². The molecule has 22 heavy (non-hydrogen) atoms. The Morgan fingerprint density at radius 1 is 1.05 bits per heavy atom. The van der Waals surface area contributed by atoms with Crippen LogP contribution in [0.4, 0.5) is 0 Å². The molecule has 0 aromatic heterocycles. The summed E-state index contributed by atoms with van der Waals surface area (Å²) in [7, 11) is 3.28. The van der Waals surface area contributed by atoms with Gasteiger partial charge in [-0.05, 0) is 24.6 Å². The van der Waals surface area contributed by atoms with Crippen LogP contribution in [0.25, 0.3) is 0 Å². The smallest absolute Gasteiger partial charge is 0.132 e. The minimum absolute atomic E-state index is 0.0852. The van der Waals surface area contributed by atoms with Crippen molar-refractivity contribution in [1.29, 1.82) is 0 Å². The standard InChI is InChI=1S/C18H20O4/c1-18(15-10-9-14(19-2)11-16(15)20-3)12-17(21-22-18)13-7-5-4-6-8-13/h4-11,17H,12H2,1-3H3/t17-,18+/m0/s1. The topological polar surface area (TPSA) is 36.9 Å². The van der Waals surface area contributed by atoms with Crippen LogP contribution in [0.5, 0.6) is 11.5 Å². The summed E-state index contributed by atoms with van der Waals surface area (Å²) in [5.74, 6) is 1.49. The van der Waals surface area contributed by atoms with Gasteiger partial charge >= 0.3 is 0 Å². The molecule has 3 rings (SSSR count). The quantitative estimate of drug-likeness (QED) is 0.799. The van der Waals surface area contributed by atoms with Gasteiger partial charge in [-0.3, -0.25) is 0 Å². The van der Waals surface area contributed by atoms with Crippen LogP contribution in [0, 0.1) is 0 Å². The van der Waals surface area contributed by atoms with E-state index in [0.29, 0.717) is 0 Å². The van der Waals surface area contributed by atoms with Crippen molar-refractivity contribution >= 4 is 0 Å². The van der Waals surface area contributed by atoms with Gasteiger partial charge in [-0.2, -0.15) is 0 Å². The van der Waals surface area contributed by atoms with Gasteiger partial charge in [0.25, 0.3) is 0 Å². The van der Waals surface area contributed by atoms with Crippen molar-refractivity contribution in [2.75, 3.05) is 14.2 Å². The SMILES string of the molecule is COc1ccc([C@@]2(C)C[C@@H](c3ccccc3)OO2)c(OC)c1. The lowest BCUT2D eigenvalue weighted by Gasteiger charge is -2.23. The average Bonchev–Trinajstić information content (AvgIpc) is 2.98. The monoisotopic (exact) mass is 300 g/mol. The van der Waals surface area contributed by atoms with Gasteiger partial charge in [-0.1, -0.05) is 30.3 Å². The van der Waals surface area contributed by atoms with E-state index in [1.165, 1.54) is 0 Å². The third-order valence-corrected chi connectivity index (χ3v) is 4.07. The molecule has 0 N–H and O–H groups in total. The Bertz CT molecular complexity index is 641. The van der Waals surface area contributed by atoms with Crippen molar-refractivity contribution in [2.45, 2.75) is 25.0 Å². The fourth-order valence-corrected chi connectivity index (χ4v) is 2.82. The van der Waals surface area contributed by atoms with Gasteiger partial charge in [0.2, 0.25) is 0 Å². The highest BCUT2D eigenvalue weighted by atomic mass is 17.2. The van der Waals surface area contributed by atoms with Crippen molar-refractivity contribution in [1.82, 2.24) is 0 Å². The number of ether oxygens (including phenoxy) is 2. The second-order valence-electron chi connectivity index (χ2n) is 5.58. The molecule has 0 unspecified atom stereocenters. The van der Waals surface area contributed by atoms with Crippen molar-refractivity contribution in [3.05, 3.63) is 59.7 Å². The first kappa shape index (κ1) is 14.9. The van der Waals surface area contributed by atoms with Gasteiger partial charge in [-0.15, -0.1) is 0 Å². The van der Waals surface area contributed by atoms with Crippen LogP contribution in [-0.2, 0) is 15.4 Å². The maximum absolute atomic E-state index is 5.69. The lowest BCUT2D eigenvalue weighted by molar-refractivity contribution is -0.328. The minimum Gasteiger partial charge on any atom is -0.497 e. The van der Waals surface area contributed by atoms with Crippen molar-refractivity contribution in [2.24, 2.45) is 0 Å². The summed E-state index contributed by atoms with van der Waals surface area (Å²) < 4.78 is 10.7. The maximum atomic E-state index is 5.69. The molecular formula is C18H20O4. The molecule has 4 heteroatoms. The molecule has 116 valence electrons. The van der Waals surface area contributed by atoms with E-state index in [1.54, 1.807) is 14.2 Å². The Morgan fingerprint density at radius 3 is 2.50 bits per heavy atom. The molecule has 4 nitrogen and oxygen atoms in total. The molecule has 0 spiro atoms. The zero-order chi connectivity index (χ0) is 15.6. The molecule has 0 amide bonds. The second-order valence-corrected chi connectivity index (χ2v) is 5.58. The van der Waals surface area contributed by atoms with Gasteiger partial charge in [0.1, 0.15) is 23.2 Å². The van der Waals surface area contributed by atoms with Crippen molar-refractivity contribution < 1.29 is 19.2 Å². The van der Waals surface area contributed by atoms with E-state index in [-0.39, 0.29) is 6.10 Å². The predicted octanol–water partition coefficient (Wildman–Crippen LogP) is 4.01. The van der Waals surface area contributed by atoms with Gasteiger partial charge in [0.15, 0.2) is 0 Å². The molecule has 1 heterocycles. The van der Waals surface area contributed by atoms with Gasteiger partial charge in [0.05, 0.1) is 14.2 Å². The Balaban J connectivity index is 1.89. The predicted molar refractivity (Wildman–Crippen MR) is 82.9 cm³/mol. The molecular weight excluding hydrogens is 280 g/mol. The Labute approximate surface area is 130 Å². The molecule has 0 saturated carbocycles. The highest BCUT2D eigenvalue weighted by molar-refractivity contribution is 5.44. The molecule has 0 bridgehead atoms. The first-order chi connectivity index (χ1) is 10.7. The van der Waals surface area contributed by atoms with Crippen molar-refractivity contribution in [3.8, 4) is 11.5 Å². The van der Waals surface area contributed by atoms with Crippen molar-refractivity contribution in [3.63, 3.8) is 0 Å². The normalized spacial score (nSPS) is 24.2. The molecule has 1 fully saturated rings. The molecule has 2 aromatic rings. The highest BCUT2D eigenvalue weighted by Crippen LogP contribution is 2.47. The zero-order valence-corrected chi connectivity index (χ0v) is 13.0. The van der Waals surface area contributed by atoms with E-state index in [0.717, 1.165) is 29.0 Å². The summed E-state index contributed by atoms with van der Waals surface area (Å²) in [5.41, 5.74) is 1.51. The van der Waals surface area contributed by atoms with Crippen LogP contribution in [0.3, 0.4) is 0 Å². The number of benzene rings is 2. The van der Waals surface area contributed by atoms with E-state index < -0.39 is 5.60 Å². The number of hydrogen-bond donors (Lipinski definition) is 0. The average molecular weight is 300 g/mol. The summed E-state index contributed by atoms with van der Waals surface area (Å²) in [5, 5.41) is 0. The lowest BCUT2D eigenvalue weighted by Crippen LogP contribution is -2.21. The summed E-state index contributed by atoms with van der Waals surface area (Å²) in [6.07, 6.45) is 0.637. The third kappa shape index (κ3) is 2.67. The van der Waals surface area contributed by atoms with E-state index in [9.17, 15) is 0 Å². The largest absolute Gasteiger partial charge is 0.497 e. The maximum Gasteiger partial charge on any atom is 0.132 e. The summed E-state index contributed by atoms with van der Waals surface area (Å²) in [6, 6.07) is 15.8. The summed E-state index contributed by atoms with van der Waals surface area (Å²) in [6.45, 7) is 2.01. The van der Waals surface area contributed by atoms with E-state index >= 15 is 0 Å². The molecule has 1 aliphatic rings. The van der Waals surface area contributed by atoms with Crippen LogP contribution in [0.2, 0.25) is 0 Å². The minimum atomic E-state index is -0.557. The third-order valence-electron chi connectivity index (χ3n) is 4.07. The fraction of sp³-hybridized carbons (Fsp3) is 0.333. The summed E-state index contributed by atoms with van der Waals surface area (Å²) >= 11 is 0. The van der Waals surface area contributed by atoms with Crippen LogP contribution in [0.1, 0.15) is 30.6 Å². The molecule has 1 aliphatic heterocycles. The Morgan fingerprint density at radius 2 is 1.82 bits per heavy atom. The number of methoxy groups -OCH3 is 2. The van der Waals surface area contributed by atoms with Gasteiger partial charge < -0.3 is 9.47 Å². The Hall–Kier alpha value is -2.04. The lowest BCUT2D eigenvalue weighted by atomic mass is 9.88. The number of hydrogen-bond acceptors (Lipinski definition) is 4. The zero-order valence-electron chi connectivity index (χ0n) is 13.0. The second kappa shape index (κ2) is 5.99. The van der Waals surface area contributed by atoms with Crippen LogP contribution < -0.4 is 9.47 Å². The van der Waals surface area contributed by atoms with Gasteiger partial charge in [-0.25, -0.2) is 9.78 Å². The van der Waals surface area contributed by atoms with E-state index in [2.05, 4.69) is 0 Å². The van der Waals surface area contributed by atoms with Crippen LogP contribution in [0.15, 0.2) is 48.5 Å². The molecule has 0 aliphatic carbocycles. The van der Waals surface area contributed by atoms with Crippen LogP contribution in [-0.4, -0.2) is 14.2 Å². The first-order valence-corrected chi connectivity index (χ1v) is 7.28. The summed E-state index contributed by atoms with van der Waals surface area (Å²) in [4.78, 5) is 11.3. The van der Waals surface area contributed by atoms with Crippen LogP contribution >= 0.6 is 0 Å².